The normalized spacial score (nSPS) is 11.9. The molecule has 3 aromatic carbocycles. The maximum absolute atomic E-state index is 13.5. The second-order valence-corrected chi connectivity index (χ2v) is 8.33. The Morgan fingerprint density at radius 3 is 2.48 bits per heavy atom. The van der Waals surface area contributed by atoms with Crippen molar-refractivity contribution in [3.8, 4) is 11.4 Å². The van der Waals surface area contributed by atoms with E-state index < -0.39 is 6.04 Å². The molecule has 0 saturated heterocycles. The Kier molecular flexibility index (Phi) is 6.47. The highest BCUT2D eigenvalue weighted by molar-refractivity contribution is 6.31. The number of ether oxygens (including phenoxy) is 1. The summed E-state index contributed by atoms with van der Waals surface area (Å²) in [6.07, 6.45) is 0. The summed E-state index contributed by atoms with van der Waals surface area (Å²) < 4.78 is 7.17. The van der Waals surface area contributed by atoms with Crippen molar-refractivity contribution in [2.24, 2.45) is 0 Å². The molecule has 1 amide bonds. The molecule has 1 atom stereocenters. The van der Waals surface area contributed by atoms with Crippen LogP contribution in [0.5, 0.6) is 5.75 Å². The minimum absolute atomic E-state index is 0.126. The SMILES string of the molecule is Cc1ccc(-n2c(C(C)N(C)C(=O)COc3ccccc3)nc3cc(Cl)ccc3c2=O)cc1. The molecule has 1 aromatic heterocycles. The molecule has 0 radical (unpaired) electrons. The van der Waals surface area contributed by atoms with Crippen LogP contribution in [0.15, 0.2) is 77.6 Å². The number of para-hydroxylation sites is 1. The quantitative estimate of drug-likeness (QED) is 0.407. The summed E-state index contributed by atoms with van der Waals surface area (Å²) in [6.45, 7) is 3.69. The maximum atomic E-state index is 13.5. The van der Waals surface area contributed by atoms with Crippen LogP contribution in [0.2, 0.25) is 5.02 Å². The number of nitrogens with zero attached hydrogens (tertiary/aromatic N) is 3. The number of hydrogen-bond acceptors (Lipinski definition) is 4. The number of benzene rings is 3. The Bertz CT molecular complexity index is 1350. The van der Waals surface area contributed by atoms with Crippen LogP contribution in [-0.4, -0.2) is 34.0 Å². The smallest absolute Gasteiger partial charge is 0.266 e. The standard InChI is InChI=1S/C26H24ClN3O3/c1-17-9-12-20(13-10-17)30-25(28-23-15-19(27)11-14-22(23)26(30)32)18(2)29(3)24(31)16-33-21-7-5-4-6-8-21/h4-15,18H,16H2,1-3H3. The minimum atomic E-state index is -0.505. The van der Waals surface area contributed by atoms with E-state index in [0.29, 0.717) is 33.2 Å². The zero-order valence-corrected chi connectivity index (χ0v) is 19.4. The van der Waals surface area contributed by atoms with Gasteiger partial charge >= 0.3 is 0 Å². The van der Waals surface area contributed by atoms with Crippen LogP contribution in [0.4, 0.5) is 0 Å². The zero-order valence-electron chi connectivity index (χ0n) is 18.7. The van der Waals surface area contributed by atoms with E-state index in [-0.39, 0.29) is 18.1 Å². The number of halogens is 1. The van der Waals surface area contributed by atoms with Crippen LogP contribution in [0, 0.1) is 6.92 Å². The lowest BCUT2D eigenvalue weighted by Crippen LogP contribution is -2.37. The van der Waals surface area contributed by atoms with E-state index in [0.717, 1.165) is 5.56 Å². The Labute approximate surface area is 197 Å². The second kappa shape index (κ2) is 9.46. The molecule has 4 rings (SSSR count). The number of aryl methyl sites for hydroxylation is 1. The number of likely N-dealkylation sites (N-methyl/N-ethyl adjacent to an activating group) is 1. The molecule has 6 nitrogen and oxygen atoms in total. The van der Waals surface area contributed by atoms with Gasteiger partial charge in [0.15, 0.2) is 6.61 Å². The fourth-order valence-corrected chi connectivity index (χ4v) is 3.72. The summed E-state index contributed by atoms with van der Waals surface area (Å²) in [5.41, 5.74) is 2.02. The van der Waals surface area contributed by atoms with E-state index in [1.807, 2.05) is 56.3 Å². The van der Waals surface area contributed by atoms with Crippen molar-refractivity contribution in [3.63, 3.8) is 0 Å². The van der Waals surface area contributed by atoms with Gasteiger partial charge in [-0.1, -0.05) is 47.5 Å². The van der Waals surface area contributed by atoms with Gasteiger partial charge in [0.2, 0.25) is 0 Å². The summed E-state index contributed by atoms with van der Waals surface area (Å²) in [5, 5.41) is 0.944. The molecule has 0 N–H and O–H groups in total. The number of hydrogen-bond donors (Lipinski definition) is 0. The fraction of sp³-hybridized carbons (Fsp3) is 0.192. The first-order valence-electron chi connectivity index (χ1n) is 10.6. The minimum Gasteiger partial charge on any atom is -0.484 e. The predicted octanol–water partition coefficient (Wildman–Crippen LogP) is 4.95. The number of amides is 1. The van der Waals surface area contributed by atoms with Crippen LogP contribution >= 0.6 is 11.6 Å². The molecule has 33 heavy (non-hydrogen) atoms. The van der Waals surface area contributed by atoms with Crippen LogP contribution in [-0.2, 0) is 4.79 Å². The number of carbonyl (C=O) groups excluding carboxylic acids is 1. The molecule has 1 heterocycles. The highest BCUT2D eigenvalue weighted by atomic mass is 35.5. The van der Waals surface area contributed by atoms with E-state index in [9.17, 15) is 9.59 Å². The van der Waals surface area contributed by atoms with Crippen molar-refractivity contribution in [2.45, 2.75) is 19.9 Å². The highest BCUT2D eigenvalue weighted by Crippen LogP contribution is 2.24. The first-order valence-corrected chi connectivity index (χ1v) is 11.0. The van der Waals surface area contributed by atoms with Crippen LogP contribution < -0.4 is 10.3 Å². The third-order valence-electron chi connectivity index (χ3n) is 5.60. The van der Waals surface area contributed by atoms with Gasteiger partial charge in [0, 0.05) is 12.1 Å². The number of rotatable bonds is 6. The van der Waals surface area contributed by atoms with E-state index in [1.54, 1.807) is 41.9 Å². The van der Waals surface area contributed by atoms with Crippen molar-refractivity contribution >= 4 is 28.4 Å². The first-order chi connectivity index (χ1) is 15.8. The summed E-state index contributed by atoms with van der Waals surface area (Å²) in [5.74, 6) is 0.818. The molecule has 0 aliphatic rings. The Morgan fingerprint density at radius 2 is 1.79 bits per heavy atom. The highest BCUT2D eigenvalue weighted by Gasteiger charge is 2.24. The molecule has 0 spiro atoms. The Hall–Kier alpha value is -3.64. The van der Waals surface area contributed by atoms with Gasteiger partial charge < -0.3 is 9.64 Å². The molecule has 168 valence electrons. The molecule has 7 heteroatoms. The molecule has 0 aliphatic carbocycles. The lowest BCUT2D eigenvalue weighted by Gasteiger charge is -2.27. The van der Waals surface area contributed by atoms with Gasteiger partial charge in [-0.15, -0.1) is 0 Å². The largest absolute Gasteiger partial charge is 0.484 e. The number of fused-ring (bicyclic) bond motifs is 1. The molecular weight excluding hydrogens is 438 g/mol. The third kappa shape index (κ3) is 4.76. The van der Waals surface area contributed by atoms with Crippen molar-refractivity contribution in [2.75, 3.05) is 13.7 Å². The average Bonchev–Trinajstić information content (AvgIpc) is 2.82. The number of aromatic nitrogens is 2. The maximum Gasteiger partial charge on any atom is 0.266 e. The van der Waals surface area contributed by atoms with Gasteiger partial charge in [-0.3, -0.25) is 14.2 Å². The monoisotopic (exact) mass is 461 g/mol. The lowest BCUT2D eigenvalue weighted by molar-refractivity contribution is -0.134. The van der Waals surface area contributed by atoms with Gasteiger partial charge in [0.05, 0.1) is 22.6 Å². The van der Waals surface area contributed by atoms with Crippen molar-refractivity contribution in [1.29, 1.82) is 0 Å². The molecule has 0 bridgehead atoms. The topological polar surface area (TPSA) is 64.4 Å². The molecule has 0 saturated carbocycles. The van der Waals surface area contributed by atoms with Crippen LogP contribution in [0.25, 0.3) is 16.6 Å². The van der Waals surface area contributed by atoms with Crippen LogP contribution in [0.3, 0.4) is 0 Å². The molecule has 0 aliphatic heterocycles. The average molecular weight is 462 g/mol. The van der Waals surface area contributed by atoms with E-state index in [1.165, 1.54) is 4.90 Å². The lowest BCUT2D eigenvalue weighted by atomic mass is 10.1. The Morgan fingerprint density at radius 1 is 1.09 bits per heavy atom. The Balaban J connectivity index is 1.74. The second-order valence-electron chi connectivity index (χ2n) is 7.89. The predicted molar refractivity (Wildman–Crippen MR) is 130 cm³/mol. The van der Waals surface area contributed by atoms with Crippen molar-refractivity contribution in [1.82, 2.24) is 14.5 Å². The molecular formula is C26H24ClN3O3. The summed E-state index contributed by atoms with van der Waals surface area (Å²) in [6, 6.07) is 21.3. The summed E-state index contributed by atoms with van der Waals surface area (Å²) >= 11 is 6.16. The van der Waals surface area contributed by atoms with E-state index in [2.05, 4.69) is 0 Å². The summed E-state index contributed by atoms with van der Waals surface area (Å²) in [4.78, 5) is 32.7. The van der Waals surface area contributed by atoms with Crippen molar-refractivity contribution in [3.05, 3.63) is 99.6 Å². The van der Waals surface area contributed by atoms with Gasteiger partial charge in [-0.05, 0) is 56.3 Å². The van der Waals surface area contributed by atoms with E-state index in [4.69, 9.17) is 21.3 Å². The third-order valence-corrected chi connectivity index (χ3v) is 5.84. The molecule has 1 unspecified atom stereocenters. The zero-order chi connectivity index (χ0) is 23.5. The van der Waals surface area contributed by atoms with E-state index >= 15 is 0 Å². The molecule has 0 fully saturated rings. The number of carbonyl (C=O) groups is 1. The van der Waals surface area contributed by atoms with Gasteiger partial charge in [-0.2, -0.15) is 0 Å². The van der Waals surface area contributed by atoms with Crippen molar-refractivity contribution < 1.29 is 9.53 Å². The van der Waals surface area contributed by atoms with Gasteiger partial charge in [0.1, 0.15) is 11.6 Å². The van der Waals surface area contributed by atoms with Gasteiger partial charge in [0.25, 0.3) is 11.5 Å². The fourth-order valence-electron chi connectivity index (χ4n) is 3.55. The summed E-state index contributed by atoms with van der Waals surface area (Å²) in [7, 11) is 1.68. The first kappa shape index (κ1) is 22.6. The van der Waals surface area contributed by atoms with Gasteiger partial charge in [-0.25, -0.2) is 4.98 Å². The molecule has 4 aromatic rings. The van der Waals surface area contributed by atoms with Crippen LogP contribution in [0.1, 0.15) is 24.4 Å².